The van der Waals surface area contributed by atoms with Gasteiger partial charge in [-0.3, -0.25) is 4.21 Å². The van der Waals surface area contributed by atoms with E-state index >= 15 is 0 Å². The highest BCUT2D eigenvalue weighted by molar-refractivity contribution is 7.85. The van der Waals surface area contributed by atoms with Gasteiger partial charge in [-0.1, -0.05) is 18.2 Å². The van der Waals surface area contributed by atoms with Crippen molar-refractivity contribution in [3.63, 3.8) is 0 Å². The molecule has 19 heavy (non-hydrogen) atoms. The van der Waals surface area contributed by atoms with Crippen LogP contribution in [0.3, 0.4) is 0 Å². The molecular formula is C15H17NO2S. The number of anilines is 1. The van der Waals surface area contributed by atoms with Crippen LogP contribution in [0, 0.1) is 0 Å². The van der Waals surface area contributed by atoms with Crippen molar-refractivity contribution >= 4 is 16.5 Å². The first-order chi connectivity index (χ1) is 9.19. The second-order valence-electron chi connectivity index (χ2n) is 4.22. The van der Waals surface area contributed by atoms with Gasteiger partial charge in [0.05, 0.1) is 17.9 Å². The maximum atomic E-state index is 12.2. The zero-order valence-electron chi connectivity index (χ0n) is 10.8. The van der Waals surface area contributed by atoms with E-state index in [0.29, 0.717) is 5.75 Å². The van der Waals surface area contributed by atoms with Crippen molar-refractivity contribution in [1.29, 1.82) is 0 Å². The van der Waals surface area contributed by atoms with Crippen LogP contribution in [0.15, 0.2) is 53.4 Å². The Morgan fingerprint density at radius 1 is 1.16 bits per heavy atom. The van der Waals surface area contributed by atoms with Crippen LogP contribution in [0.4, 0.5) is 5.69 Å². The summed E-state index contributed by atoms with van der Waals surface area (Å²) in [5.74, 6) is 1.33. The van der Waals surface area contributed by atoms with Crippen LogP contribution in [0.1, 0.15) is 5.56 Å². The van der Waals surface area contributed by atoms with E-state index in [1.807, 2.05) is 48.5 Å². The molecule has 0 aromatic heterocycles. The van der Waals surface area contributed by atoms with E-state index in [1.54, 1.807) is 7.11 Å². The Bertz CT molecular complexity index is 567. The first-order valence-electron chi connectivity index (χ1n) is 6.06. The zero-order valence-corrected chi connectivity index (χ0v) is 11.7. The van der Waals surface area contributed by atoms with Crippen molar-refractivity contribution in [2.24, 2.45) is 0 Å². The van der Waals surface area contributed by atoms with E-state index in [4.69, 9.17) is 10.5 Å². The molecule has 2 N–H and O–H groups in total. The summed E-state index contributed by atoms with van der Waals surface area (Å²) in [6.07, 6.45) is 0.768. The lowest BCUT2D eigenvalue weighted by atomic mass is 10.2. The van der Waals surface area contributed by atoms with Crippen molar-refractivity contribution in [3.05, 3.63) is 54.1 Å². The van der Waals surface area contributed by atoms with E-state index in [9.17, 15) is 4.21 Å². The molecule has 1 atom stereocenters. The van der Waals surface area contributed by atoms with Gasteiger partial charge >= 0.3 is 0 Å². The minimum atomic E-state index is -1.01. The number of hydrogen-bond donors (Lipinski definition) is 1. The van der Waals surface area contributed by atoms with Gasteiger partial charge in [0, 0.05) is 16.3 Å². The lowest BCUT2D eigenvalue weighted by Gasteiger charge is -2.05. The molecule has 2 rings (SSSR count). The molecule has 1 unspecified atom stereocenters. The van der Waals surface area contributed by atoms with Gasteiger partial charge < -0.3 is 10.5 Å². The molecule has 3 nitrogen and oxygen atoms in total. The molecule has 0 bridgehead atoms. The molecule has 0 fully saturated rings. The monoisotopic (exact) mass is 275 g/mol. The van der Waals surface area contributed by atoms with E-state index in [2.05, 4.69) is 0 Å². The Morgan fingerprint density at radius 2 is 1.89 bits per heavy atom. The Morgan fingerprint density at radius 3 is 2.58 bits per heavy atom. The van der Waals surface area contributed by atoms with Crippen LogP contribution in [0.5, 0.6) is 5.75 Å². The van der Waals surface area contributed by atoms with Crippen molar-refractivity contribution in [1.82, 2.24) is 0 Å². The van der Waals surface area contributed by atoms with Crippen LogP contribution in [0.25, 0.3) is 0 Å². The minimum Gasteiger partial charge on any atom is -0.497 e. The highest BCUT2D eigenvalue weighted by Crippen LogP contribution is 2.16. The quantitative estimate of drug-likeness (QED) is 0.853. The van der Waals surface area contributed by atoms with Gasteiger partial charge in [-0.05, 0) is 42.3 Å². The number of nitrogens with two attached hydrogens (primary N) is 1. The summed E-state index contributed by atoms with van der Waals surface area (Å²) in [4.78, 5) is 0.801. The van der Waals surface area contributed by atoms with Crippen molar-refractivity contribution in [2.75, 3.05) is 18.6 Å². The summed E-state index contributed by atoms with van der Waals surface area (Å²) >= 11 is 0. The van der Waals surface area contributed by atoms with Crippen molar-refractivity contribution in [2.45, 2.75) is 11.3 Å². The summed E-state index contributed by atoms with van der Waals surface area (Å²) < 4.78 is 17.3. The second-order valence-corrected chi connectivity index (χ2v) is 5.79. The first-order valence-corrected chi connectivity index (χ1v) is 7.38. The summed E-state index contributed by atoms with van der Waals surface area (Å²) in [5.41, 5.74) is 7.52. The molecule has 0 aliphatic heterocycles. The third kappa shape index (κ3) is 3.83. The smallest absolute Gasteiger partial charge is 0.120 e. The summed E-state index contributed by atoms with van der Waals surface area (Å²) in [7, 11) is 0.595. The highest BCUT2D eigenvalue weighted by Gasteiger charge is 2.05. The van der Waals surface area contributed by atoms with Gasteiger partial charge in [0.25, 0.3) is 0 Å². The van der Waals surface area contributed by atoms with Crippen LogP contribution in [-0.4, -0.2) is 17.1 Å². The summed E-state index contributed by atoms with van der Waals surface area (Å²) in [6, 6.07) is 15.1. The lowest BCUT2D eigenvalue weighted by molar-refractivity contribution is 0.413. The maximum Gasteiger partial charge on any atom is 0.120 e. The standard InChI is InChI=1S/C15H17NO2S/c1-18-14-3-2-4-15(11-14)19(17)10-9-12-5-7-13(16)8-6-12/h2-8,11H,9-10,16H2,1H3. The van der Waals surface area contributed by atoms with Crippen LogP contribution in [0.2, 0.25) is 0 Å². The molecule has 2 aromatic carbocycles. The van der Waals surface area contributed by atoms with Crippen LogP contribution < -0.4 is 10.5 Å². The molecule has 0 radical (unpaired) electrons. The number of aryl methyl sites for hydroxylation is 1. The Hall–Kier alpha value is -1.81. The number of methoxy groups -OCH3 is 1. The van der Waals surface area contributed by atoms with Gasteiger partial charge in [0.1, 0.15) is 5.75 Å². The fourth-order valence-electron chi connectivity index (χ4n) is 1.76. The Kier molecular flexibility index (Phi) is 4.58. The van der Waals surface area contributed by atoms with Gasteiger partial charge in [-0.15, -0.1) is 0 Å². The second kappa shape index (κ2) is 6.38. The topological polar surface area (TPSA) is 52.3 Å². The van der Waals surface area contributed by atoms with Crippen LogP contribution >= 0.6 is 0 Å². The molecule has 0 heterocycles. The number of hydrogen-bond acceptors (Lipinski definition) is 3. The summed E-state index contributed by atoms with van der Waals surface area (Å²) in [5, 5.41) is 0. The largest absolute Gasteiger partial charge is 0.497 e. The predicted molar refractivity (Wildman–Crippen MR) is 78.8 cm³/mol. The van der Waals surface area contributed by atoms with E-state index < -0.39 is 10.8 Å². The van der Waals surface area contributed by atoms with E-state index in [-0.39, 0.29) is 0 Å². The fraction of sp³-hybridized carbons (Fsp3) is 0.200. The number of rotatable bonds is 5. The fourth-order valence-corrected chi connectivity index (χ4v) is 2.89. The Balaban J connectivity index is 1.99. The van der Waals surface area contributed by atoms with Gasteiger partial charge in [-0.25, -0.2) is 0 Å². The summed E-state index contributed by atoms with van der Waals surface area (Å²) in [6.45, 7) is 0. The number of benzene rings is 2. The molecule has 100 valence electrons. The third-order valence-electron chi connectivity index (χ3n) is 2.86. The molecular weight excluding hydrogens is 258 g/mol. The van der Waals surface area contributed by atoms with Gasteiger partial charge in [-0.2, -0.15) is 0 Å². The molecule has 0 saturated carbocycles. The van der Waals surface area contributed by atoms with E-state index in [1.165, 1.54) is 0 Å². The molecule has 4 heteroatoms. The van der Waals surface area contributed by atoms with Crippen molar-refractivity contribution < 1.29 is 8.95 Å². The molecule has 0 saturated heterocycles. The maximum absolute atomic E-state index is 12.2. The molecule has 2 aromatic rings. The average Bonchev–Trinajstić information content (AvgIpc) is 2.46. The Labute approximate surface area is 115 Å². The SMILES string of the molecule is COc1cccc(S(=O)CCc2ccc(N)cc2)c1. The molecule has 0 spiro atoms. The van der Waals surface area contributed by atoms with Crippen LogP contribution in [-0.2, 0) is 17.2 Å². The zero-order chi connectivity index (χ0) is 13.7. The molecule has 0 aliphatic rings. The molecule has 0 aliphatic carbocycles. The minimum absolute atomic E-state index is 0.594. The number of nitrogen functional groups attached to an aromatic ring is 1. The molecule has 0 amide bonds. The van der Waals surface area contributed by atoms with Gasteiger partial charge in [0.15, 0.2) is 0 Å². The highest BCUT2D eigenvalue weighted by atomic mass is 32.2. The van der Waals surface area contributed by atoms with E-state index in [0.717, 1.165) is 28.3 Å². The number of ether oxygens (including phenoxy) is 1. The normalized spacial score (nSPS) is 12.1. The van der Waals surface area contributed by atoms with Crippen molar-refractivity contribution in [3.8, 4) is 5.75 Å². The third-order valence-corrected chi connectivity index (χ3v) is 4.21. The predicted octanol–water partition coefficient (Wildman–Crippen LogP) is 2.63. The van der Waals surface area contributed by atoms with Gasteiger partial charge in [0.2, 0.25) is 0 Å². The first kappa shape index (κ1) is 13.6. The average molecular weight is 275 g/mol. The lowest BCUT2D eigenvalue weighted by Crippen LogP contribution is -2.02.